The summed E-state index contributed by atoms with van der Waals surface area (Å²) in [4.78, 5) is 27.0. The van der Waals surface area contributed by atoms with Crippen LogP contribution in [-0.4, -0.2) is 35.4 Å². The van der Waals surface area contributed by atoms with Gasteiger partial charge in [-0.25, -0.2) is 0 Å². The van der Waals surface area contributed by atoms with Crippen LogP contribution in [0.1, 0.15) is 31.9 Å². The molecular weight excluding hydrogens is 467 g/mol. The van der Waals surface area contributed by atoms with Crippen LogP contribution in [0.25, 0.3) is 0 Å². The normalized spacial score (nSPS) is 11.8. The molecule has 0 aliphatic carbocycles. The van der Waals surface area contributed by atoms with Crippen LogP contribution in [0.3, 0.4) is 0 Å². The second-order valence-corrected chi connectivity index (χ2v) is 8.33. The Hall–Kier alpha value is -2.09. The Morgan fingerprint density at radius 3 is 2.21 bits per heavy atom. The van der Waals surface area contributed by atoms with E-state index in [2.05, 4.69) is 27.9 Å². The van der Waals surface area contributed by atoms with Gasteiger partial charge in [0.25, 0.3) is 5.91 Å². The molecule has 0 bridgehead atoms. The van der Waals surface area contributed by atoms with Gasteiger partial charge >= 0.3 is 0 Å². The maximum absolute atomic E-state index is 12.9. The summed E-state index contributed by atoms with van der Waals surface area (Å²) in [6.07, 6.45) is 0. The lowest BCUT2D eigenvalue weighted by molar-refractivity contribution is -0.142. The van der Waals surface area contributed by atoms with E-state index in [0.29, 0.717) is 12.3 Å². The van der Waals surface area contributed by atoms with E-state index in [4.69, 9.17) is 4.74 Å². The molecular formula is C22H27IN2O3. The Morgan fingerprint density at radius 1 is 1.04 bits per heavy atom. The van der Waals surface area contributed by atoms with E-state index < -0.39 is 6.04 Å². The molecule has 0 radical (unpaired) electrons. The molecule has 0 aliphatic heterocycles. The van der Waals surface area contributed by atoms with Crippen LogP contribution in [0.4, 0.5) is 0 Å². The first-order valence-electron chi connectivity index (χ1n) is 9.30. The van der Waals surface area contributed by atoms with E-state index in [1.807, 2.05) is 69.3 Å². The fourth-order valence-electron chi connectivity index (χ4n) is 2.64. The standard InChI is InChI=1S/C22H27IN2O3/c1-15(2)24-22(27)17(4)25(13-18-7-5-16(3)6-8-18)21(26)14-28-20-11-9-19(23)10-12-20/h5-12,15,17H,13-14H2,1-4H3,(H,24,27). The highest BCUT2D eigenvalue weighted by molar-refractivity contribution is 14.1. The second kappa shape index (κ2) is 10.5. The molecule has 0 fully saturated rings. The van der Waals surface area contributed by atoms with Crippen LogP contribution in [0.15, 0.2) is 48.5 Å². The third kappa shape index (κ3) is 6.82. The van der Waals surface area contributed by atoms with Crippen molar-refractivity contribution in [3.05, 3.63) is 63.2 Å². The highest BCUT2D eigenvalue weighted by Crippen LogP contribution is 2.15. The highest BCUT2D eigenvalue weighted by Gasteiger charge is 2.26. The van der Waals surface area contributed by atoms with Crippen LogP contribution in [-0.2, 0) is 16.1 Å². The Labute approximate surface area is 180 Å². The highest BCUT2D eigenvalue weighted by atomic mass is 127. The molecule has 0 saturated heterocycles. The van der Waals surface area contributed by atoms with Crippen LogP contribution in [0.2, 0.25) is 0 Å². The molecule has 28 heavy (non-hydrogen) atoms. The molecule has 2 aromatic carbocycles. The number of nitrogens with one attached hydrogen (secondary N) is 1. The summed E-state index contributed by atoms with van der Waals surface area (Å²) in [5, 5.41) is 2.88. The largest absolute Gasteiger partial charge is 0.484 e. The summed E-state index contributed by atoms with van der Waals surface area (Å²) in [7, 11) is 0. The van der Waals surface area contributed by atoms with Gasteiger partial charge < -0.3 is 15.0 Å². The maximum atomic E-state index is 12.9. The number of nitrogens with zero attached hydrogens (tertiary/aromatic N) is 1. The molecule has 0 aromatic heterocycles. The molecule has 2 aromatic rings. The first-order valence-corrected chi connectivity index (χ1v) is 10.4. The molecule has 2 amide bonds. The minimum atomic E-state index is -0.600. The van der Waals surface area contributed by atoms with Crippen molar-refractivity contribution in [1.82, 2.24) is 10.2 Å². The number of amides is 2. The van der Waals surface area contributed by atoms with Crippen LogP contribution >= 0.6 is 22.6 Å². The summed E-state index contributed by atoms with van der Waals surface area (Å²) in [5.41, 5.74) is 2.12. The molecule has 0 saturated carbocycles. The quantitative estimate of drug-likeness (QED) is 0.567. The van der Waals surface area contributed by atoms with Crippen molar-refractivity contribution in [1.29, 1.82) is 0 Å². The molecule has 2 rings (SSSR count). The minimum absolute atomic E-state index is 0.00863. The number of benzene rings is 2. The summed E-state index contributed by atoms with van der Waals surface area (Å²) in [6, 6.07) is 14.9. The van der Waals surface area contributed by atoms with Crippen LogP contribution in [0.5, 0.6) is 5.75 Å². The summed E-state index contributed by atoms with van der Waals surface area (Å²) in [5.74, 6) is 0.221. The van der Waals surface area contributed by atoms with Gasteiger partial charge in [0, 0.05) is 16.2 Å². The van der Waals surface area contributed by atoms with Gasteiger partial charge in [-0.1, -0.05) is 29.8 Å². The molecule has 1 atom stereocenters. The monoisotopic (exact) mass is 494 g/mol. The Morgan fingerprint density at radius 2 is 1.64 bits per heavy atom. The van der Waals surface area contributed by atoms with Crippen LogP contribution < -0.4 is 10.1 Å². The lowest BCUT2D eigenvalue weighted by Gasteiger charge is -2.29. The first kappa shape index (κ1) is 22.2. The smallest absolute Gasteiger partial charge is 0.261 e. The number of halogens is 1. The zero-order valence-corrected chi connectivity index (χ0v) is 18.9. The number of hydrogen-bond acceptors (Lipinski definition) is 3. The number of ether oxygens (including phenoxy) is 1. The van der Waals surface area contributed by atoms with E-state index in [9.17, 15) is 9.59 Å². The zero-order chi connectivity index (χ0) is 20.7. The number of rotatable bonds is 8. The first-order chi connectivity index (χ1) is 13.3. The van der Waals surface area contributed by atoms with E-state index in [-0.39, 0.29) is 24.5 Å². The maximum Gasteiger partial charge on any atom is 0.261 e. The SMILES string of the molecule is Cc1ccc(CN(C(=O)COc2ccc(I)cc2)C(C)C(=O)NC(C)C)cc1. The molecule has 5 nitrogen and oxygen atoms in total. The number of aryl methyl sites for hydroxylation is 1. The van der Waals surface area contributed by atoms with Gasteiger partial charge in [0.2, 0.25) is 5.91 Å². The van der Waals surface area contributed by atoms with Crippen molar-refractivity contribution < 1.29 is 14.3 Å². The molecule has 1 unspecified atom stereocenters. The summed E-state index contributed by atoms with van der Waals surface area (Å²) in [6.45, 7) is 7.79. The Balaban J connectivity index is 2.12. The topological polar surface area (TPSA) is 58.6 Å². The Kier molecular flexibility index (Phi) is 8.29. The molecule has 0 aliphatic rings. The molecule has 0 spiro atoms. The van der Waals surface area contributed by atoms with Crippen molar-refractivity contribution in [2.75, 3.05) is 6.61 Å². The molecule has 1 N–H and O–H groups in total. The molecule has 0 heterocycles. The van der Waals surface area contributed by atoms with E-state index in [1.54, 1.807) is 11.8 Å². The van der Waals surface area contributed by atoms with E-state index in [0.717, 1.165) is 14.7 Å². The fourth-order valence-corrected chi connectivity index (χ4v) is 3.00. The Bertz CT molecular complexity index is 788. The third-order valence-corrected chi connectivity index (χ3v) is 4.97. The van der Waals surface area contributed by atoms with Crippen LogP contribution in [0, 0.1) is 10.5 Å². The molecule has 150 valence electrons. The van der Waals surface area contributed by atoms with Crippen molar-refractivity contribution in [2.45, 2.75) is 46.3 Å². The summed E-state index contributed by atoms with van der Waals surface area (Å²) >= 11 is 2.21. The summed E-state index contributed by atoms with van der Waals surface area (Å²) < 4.78 is 6.74. The van der Waals surface area contributed by atoms with Crippen molar-refractivity contribution >= 4 is 34.4 Å². The predicted octanol–water partition coefficient (Wildman–Crippen LogP) is 3.92. The average Bonchev–Trinajstić information content (AvgIpc) is 2.65. The average molecular weight is 494 g/mol. The van der Waals surface area contributed by atoms with Gasteiger partial charge in [-0.3, -0.25) is 9.59 Å². The minimum Gasteiger partial charge on any atom is -0.484 e. The lowest BCUT2D eigenvalue weighted by Crippen LogP contribution is -2.50. The lowest BCUT2D eigenvalue weighted by atomic mass is 10.1. The van der Waals surface area contributed by atoms with Gasteiger partial charge in [0.15, 0.2) is 6.61 Å². The van der Waals surface area contributed by atoms with Gasteiger partial charge in [0.1, 0.15) is 11.8 Å². The van der Waals surface area contributed by atoms with Crippen molar-refractivity contribution in [3.8, 4) is 5.75 Å². The van der Waals surface area contributed by atoms with Gasteiger partial charge in [-0.05, 0) is 80.1 Å². The van der Waals surface area contributed by atoms with Gasteiger partial charge in [-0.2, -0.15) is 0 Å². The van der Waals surface area contributed by atoms with Crippen molar-refractivity contribution in [3.63, 3.8) is 0 Å². The fraction of sp³-hybridized carbons (Fsp3) is 0.364. The van der Waals surface area contributed by atoms with E-state index in [1.165, 1.54) is 0 Å². The molecule has 6 heteroatoms. The van der Waals surface area contributed by atoms with Gasteiger partial charge in [-0.15, -0.1) is 0 Å². The van der Waals surface area contributed by atoms with Gasteiger partial charge in [0.05, 0.1) is 0 Å². The number of carbonyl (C=O) groups is 2. The second-order valence-electron chi connectivity index (χ2n) is 7.09. The number of carbonyl (C=O) groups excluding carboxylic acids is 2. The zero-order valence-electron chi connectivity index (χ0n) is 16.7. The third-order valence-electron chi connectivity index (χ3n) is 4.25. The van der Waals surface area contributed by atoms with E-state index >= 15 is 0 Å². The van der Waals surface area contributed by atoms with Crippen molar-refractivity contribution in [2.24, 2.45) is 0 Å². The number of hydrogen-bond donors (Lipinski definition) is 1. The predicted molar refractivity (Wildman–Crippen MR) is 119 cm³/mol.